The summed E-state index contributed by atoms with van der Waals surface area (Å²) in [7, 11) is 0. The Labute approximate surface area is 178 Å². The molecule has 158 valence electrons. The van der Waals surface area contributed by atoms with Crippen molar-refractivity contribution in [2.75, 3.05) is 5.32 Å². The maximum absolute atomic E-state index is 13.7. The highest BCUT2D eigenvalue weighted by atomic mass is 35.5. The summed E-state index contributed by atoms with van der Waals surface area (Å²) in [4.78, 5) is 29.7. The maximum atomic E-state index is 13.7. The van der Waals surface area contributed by atoms with Gasteiger partial charge >= 0.3 is 5.69 Å². The van der Waals surface area contributed by atoms with E-state index in [9.17, 15) is 14.3 Å². The predicted octanol–water partition coefficient (Wildman–Crippen LogP) is 0.862. The van der Waals surface area contributed by atoms with Crippen LogP contribution in [0.2, 0.25) is 5.02 Å². The molecule has 0 spiro atoms. The van der Waals surface area contributed by atoms with Crippen molar-refractivity contribution in [3.63, 3.8) is 0 Å². The number of nitrogens with zero attached hydrogens (tertiary/aromatic N) is 5. The van der Waals surface area contributed by atoms with Gasteiger partial charge in [0.15, 0.2) is 5.65 Å². The fourth-order valence-corrected chi connectivity index (χ4v) is 3.21. The van der Waals surface area contributed by atoms with Crippen molar-refractivity contribution in [3.05, 3.63) is 67.8 Å². The normalized spacial score (nSPS) is 15.2. The molecule has 3 aromatic heterocycles. The van der Waals surface area contributed by atoms with Crippen LogP contribution in [0.1, 0.15) is 24.1 Å². The molecule has 5 rings (SSSR count). The van der Waals surface area contributed by atoms with Crippen LogP contribution in [0, 0.1) is 5.82 Å². The van der Waals surface area contributed by atoms with Crippen LogP contribution in [0.25, 0.3) is 11.7 Å². The summed E-state index contributed by atoms with van der Waals surface area (Å²) in [6.07, 6.45) is 5.03. The van der Waals surface area contributed by atoms with Gasteiger partial charge in [-0.05, 0) is 30.5 Å². The molecule has 0 amide bonds. The number of hydrogen-bond donors (Lipinski definition) is 4. The summed E-state index contributed by atoms with van der Waals surface area (Å²) in [5.74, 6) is -0.538. The summed E-state index contributed by atoms with van der Waals surface area (Å²) < 4.78 is 15.2. The van der Waals surface area contributed by atoms with Crippen LogP contribution in [0.15, 0.2) is 34.2 Å². The number of benzene rings is 1. The van der Waals surface area contributed by atoms with Gasteiger partial charge in [-0.25, -0.2) is 14.2 Å². The SMILES string of the molecule is O=c1[nH]c(O)c(/C=c2/cnn3c(=NC4CC4)nc(NCc4cccc(F)c4Cl)nc23)[nH]1. The molecule has 12 heteroatoms. The molecule has 3 heterocycles. The molecular weight excluding hydrogens is 427 g/mol. The minimum absolute atomic E-state index is 0.0317. The van der Waals surface area contributed by atoms with E-state index in [-0.39, 0.29) is 35.1 Å². The Balaban J connectivity index is 1.59. The minimum atomic E-state index is -0.534. The number of nitrogens with one attached hydrogen (secondary N) is 3. The standard InChI is InChI=1S/C19H16ClFN8O2/c20-14-9(2-1-3-12(14)21)7-22-17-26-15-10(6-13-16(30)27-19(31)25-13)8-23-29(15)18(28-17)24-11-4-5-11/h1-3,6,8,11,30H,4-5,7H2,(H,22,24,28)(H2,25,27,31)/b10-6-. The van der Waals surface area contributed by atoms with Crippen molar-refractivity contribution >= 4 is 29.3 Å². The van der Waals surface area contributed by atoms with Crippen LogP contribution in [0.3, 0.4) is 0 Å². The molecule has 1 aliphatic rings. The third-order valence-corrected chi connectivity index (χ3v) is 5.15. The van der Waals surface area contributed by atoms with E-state index in [0.29, 0.717) is 22.0 Å². The quantitative estimate of drug-likeness (QED) is 0.362. The number of anilines is 1. The lowest BCUT2D eigenvalue weighted by molar-refractivity contribution is 0.454. The first-order chi connectivity index (χ1) is 15.0. The number of aromatic hydroxyl groups is 1. The lowest BCUT2D eigenvalue weighted by Crippen LogP contribution is -2.24. The molecule has 0 atom stereocenters. The van der Waals surface area contributed by atoms with Crippen LogP contribution in [-0.4, -0.2) is 40.7 Å². The van der Waals surface area contributed by atoms with Crippen molar-refractivity contribution < 1.29 is 9.50 Å². The van der Waals surface area contributed by atoms with Gasteiger partial charge in [0.05, 0.1) is 17.3 Å². The Kier molecular flexibility index (Phi) is 4.66. The molecule has 4 N–H and O–H groups in total. The fraction of sp³-hybridized carbons (Fsp3) is 0.211. The monoisotopic (exact) mass is 442 g/mol. The number of H-pyrrole nitrogens is 2. The highest BCUT2D eigenvalue weighted by Gasteiger charge is 2.21. The topological polar surface area (TPSA) is 136 Å². The highest BCUT2D eigenvalue weighted by Crippen LogP contribution is 2.22. The molecule has 1 fully saturated rings. The lowest BCUT2D eigenvalue weighted by atomic mass is 10.2. The Morgan fingerprint density at radius 2 is 2.19 bits per heavy atom. The van der Waals surface area contributed by atoms with Gasteiger partial charge in [-0.2, -0.15) is 19.6 Å². The zero-order chi connectivity index (χ0) is 21.5. The van der Waals surface area contributed by atoms with Crippen LogP contribution < -0.4 is 21.8 Å². The first kappa shape index (κ1) is 19.2. The zero-order valence-corrected chi connectivity index (χ0v) is 16.7. The van der Waals surface area contributed by atoms with Gasteiger partial charge in [0, 0.05) is 11.8 Å². The third-order valence-electron chi connectivity index (χ3n) is 4.73. The summed E-state index contributed by atoms with van der Waals surface area (Å²) >= 11 is 6.03. The summed E-state index contributed by atoms with van der Waals surface area (Å²) in [6, 6.07) is 4.75. The first-order valence-electron chi connectivity index (χ1n) is 9.47. The van der Waals surface area contributed by atoms with Crippen LogP contribution in [0.5, 0.6) is 5.88 Å². The molecule has 0 saturated heterocycles. The van der Waals surface area contributed by atoms with E-state index in [2.05, 4.69) is 35.3 Å². The van der Waals surface area contributed by atoms with Crippen LogP contribution in [0.4, 0.5) is 10.3 Å². The van der Waals surface area contributed by atoms with Gasteiger partial charge in [0.1, 0.15) is 11.5 Å². The molecule has 0 bridgehead atoms. The smallest absolute Gasteiger partial charge is 0.326 e. The first-order valence-corrected chi connectivity index (χ1v) is 9.85. The molecule has 0 unspecified atom stereocenters. The largest absolute Gasteiger partial charge is 0.493 e. The van der Waals surface area contributed by atoms with Gasteiger partial charge in [0.25, 0.3) is 5.62 Å². The average Bonchev–Trinajstić information content (AvgIpc) is 3.37. The van der Waals surface area contributed by atoms with E-state index in [1.54, 1.807) is 12.1 Å². The second-order valence-electron chi connectivity index (χ2n) is 7.10. The van der Waals surface area contributed by atoms with Crippen molar-refractivity contribution in [1.82, 2.24) is 29.5 Å². The number of rotatable bonds is 5. The molecular formula is C19H16ClFN8O2. The van der Waals surface area contributed by atoms with Crippen molar-refractivity contribution in [3.8, 4) is 5.88 Å². The van der Waals surface area contributed by atoms with Crippen molar-refractivity contribution in [2.45, 2.75) is 25.4 Å². The molecule has 1 aromatic carbocycles. The molecule has 1 saturated carbocycles. The van der Waals surface area contributed by atoms with E-state index in [1.807, 2.05) is 0 Å². The Morgan fingerprint density at radius 3 is 2.94 bits per heavy atom. The molecule has 4 aromatic rings. The third kappa shape index (κ3) is 3.87. The Hall–Kier alpha value is -3.73. The summed E-state index contributed by atoms with van der Waals surface area (Å²) in [6.45, 7) is 0.203. The second-order valence-corrected chi connectivity index (χ2v) is 7.47. The van der Waals surface area contributed by atoms with Gasteiger partial charge in [0.2, 0.25) is 11.8 Å². The van der Waals surface area contributed by atoms with E-state index in [0.717, 1.165) is 12.8 Å². The average molecular weight is 443 g/mol. The summed E-state index contributed by atoms with van der Waals surface area (Å²) in [5, 5.41) is 17.8. The molecule has 10 nitrogen and oxygen atoms in total. The maximum Gasteiger partial charge on any atom is 0.326 e. The Bertz CT molecular complexity index is 1470. The molecule has 0 aliphatic heterocycles. The van der Waals surface area contributed by atoms with Gasteiger partial charge in [-0.3, -0.25) is 4.98 Å². The number of fused-ring (bicyclic) bond motifs is 1. The van der Waals surface area contributed by atoms with Gasteiger partial charge < -0.3 is 15.4 Å². The van der Waals surface area contributed by atoms with Crippen LogP contribution >= 0.6 is 11.6 Å². The van der Waals surface area contributed by atoms with E-state index < -0.39 is 11.5 Å². The molecule has 1 aliphatic carbocycles. The fourth-order valence-electron chi connectivity index (χ4n) is 3.02. The van der Waals surface area contributed by atoms with E-state index in [4.69, 9.17) is 11.6 Å². The van der Waals surface area contributed by atoms with Gasteiger partial charge in [-0.15, -0.1) is 0 Å². The Morgan fingerprint density at radius 1 is 1.35 bits per heavy atom. The number of halogens is 2. The zero-order valence-electron chi connectivity index (χ0n) is 15.9. The lowest BCUT2D eigenvalue weighted by Gasteiger charge is -2.07. The number of hydrogen-bond acceptors (Lipinski definition) is 7. The van der Waals surface area contributed by atoms with Gasteiger partial charge in [-0.1, -0.05) is 23.7 Å². The summed E-state index contributed by atoms with van der Waals surface area (Å²) in [5.41, 5.74) is 1.00. The highest BCUT2D eigenvalue weighted by molar-refractivity contribution is 6.31. The minimum Gasteiger partial charge on any atom is -0.493 e. The van der Waals surface area contributed by atoms with E-state index in [1.165, 1.54) is 22.9 Å². The number of aromatic nitrogens is 6. The van der Waals surface area contributed by atoms with Crippen molar-refractivity contribution in [2.24, 2.45) is 4.99 Å². The number of imidazole rings is 1. The second kappa shape index (κ2) is 7.51. The van der Waals surface area contributed by atoms with Crippen molar-refractivity contribution in [1.29, 1.82) is 0 Å². The molecule has 31 heavy (non-hydrogen) atoms. The number of aromatic amines is 2. The molecule has 0 radical (unpaired) electrons. The predicted molar refractivity (Wildman–Crippen MR) is 110 cm³/mol. The van der Waals surface area contributed by atoms with Crippen LogP contribution in [-0.2, 0) is 6.54 Å². The van der Waals surface area contributed by atoms with E-state index >= 15 is 0 Å².